The highest BCUT2D eigenvalue weighted by atomic mass is 19.2. The fourth-order valence-corrected chi connectivity index (χ4v) is 2.05. The zero-order valence-corrected chi connectivity index (χ0v) is 10.2. The first-order valence-electron chi connectivity index (χ1n) is 5.77. The molecule has 0 radical (unpaired) electrons. The molecule has 0 bridgehead atoms. The Morgan fingerprint density at radius 2 is 1.55 bits per heavy atom. The quantitative estimate of drug-likeness (QED) is 0.296. The normalized spacial score (nSPS) is 16.6. The number of hydrogen-bond acceptors (Lipinski definition) is 3. The van der Waals surface area contributed by atoms with Crippen LogP contribution in [0.5, 0.6) is 0 Å². The van der Waals surface area contributed by atoms with E-state index in [-0.39, 0.29) is 0 Å². The molecule has 20 heavy (non-hydrogen) atoms. The highest BCUT2D eigenvalue weighted by molar-refractivity contribution is 5.33. The molecule has 0 aromatic heterocycles. The number of benzene rings is 1. The molecule has 0 spiro atoms. The predicted octanol–water partition coefficient (Wildman–Crippen LogP) is 2.58. The maximum atomic E-state index is 13.7. The Kier molecular flexibility index (Phi) is 4.24. The number of hydrogen-bond donors (Lipinski definition) is 2. The molecule has 0 aliphatic carbocycles. The molecule has 1 aromatic carbocycles. The van der Waals surface area contributed by atoms with Gasteiger partial charge in [0.2, 0.25) is 5.82 Å². The summed E-state index contributed by atoms with van der Waals surface area (Å²) in [5.41, 5.74) is 1.35. The lowest BCUT2D eigenvalue weighted by atomic mass is 9.94. The van der Waals surface area contributed by atoms with Crippen LogP contribution >= 0.6 is 0 Å². The highest BCUT2D eigenvalue weighted by Crippen LogP contribution is 2.33. The summed E-state index contributed by atoms with van der Waals surface area (Å²) in [5.74, 6) is -4.83. The van der Waals surface area contributed by atoms with Crippen molar-refractivity contribution in [1.29, 1.82) is 0 Å². The average Bonchev–Trinajstić information content (AvgIpc) is 2.48. The maximum absolute atomic E-state index is 13.7. The van der Waals surface area contributed by atoms with Gasteiger partial charge in [0.1, 0.15) is 0 Å². The first-order valence-corrected chi connectivity index (χ1v) is 5.77. The molecule has 2 rings (SSSR count). The average molecular weight is 294 g/mol. The molecule has 0 saturated heterocycles. The monoisotopic (exact) mass is 294 g/mol. The first-order chi connectivity index (χ1) is 9.49. The number of nitrogens with two attached hydrogens (primary N) is 1. The van der Waals surface area contributed by atoms with Crippen LogP contribution in [0.3, 0.4) is 0 Å². The zero-order valence-electron chi connectivity index (χ0n) is 10.2. The molecule has 0 amide bonds. The van der Waals surface area contributed by atoms with E-state index in [1.165, 1.54) is 6.26 Å². The SMILES string of the molecule is NNC(C1=COCCC1)c1c(F)c(F)c(F)c(F)c1F. The minimum absolute atomic E-state index is 0.307. The third-order valence-electron chi connectivity index (χ3n) is 3.03. The van der Waals surface area contributed by atoms with Gasteiger partial charge in [-0.3, -0.25) is 5.84 Å². The summed E-state index contributed by atoms with van der Waals surface area (Å²) in [6, 6.07) is -1.35. The lowest BCUT2D eigenvalue weighted by Crippen LogP contribution is -2.32. The Hall–Kier alpha value is -1.67. The molecule has 1 heterocycles. The molecule has 1 atom stereocenters. The molecule has 1 aliphatic rings. The topological polar surface area (TPSA) is 47.3 Å². The molecule has 1 aliphatic heterocycles. The van der Waals surface area contributed by atoms with Crippen LogP contribution in [0.1, 0.15) is 24.4 Å². The van der Waals surface area contributed by atoms with E-state index in [2.05, 4.69) is 5.43 Å². The van der Waals surface area contributed by atoms with Gasteiger partial charge in [-0.2, -0.15) is 0 Å². The third-order valence-corrected chi connectivity index (χ3v) is 3.03. The van der Waals surface area contributed by atoms with Gasteiger partial charge in [-0.1, -0.05) is 0 Å². The van der Waals surface area contributed by atoms with E-state index in [0.29, 0.717) is 25.0 Å². The number of hydrazine groups is 1. The number of rotatable bonds is 3. The summed E-state index contributed by atoms with van der Waals surface area (Å²) in [7, 11) is 0. The van der Waals surface area contributed by atoms with Crippen LogP contribution in [0.4, 0.5) is 22.0 Å². The van der Waals surface area contributed by atoms with Crippen molar-refractivity contribution in [2.75, 3.05) is 6.61 Å². The van der Waals surface area contributed by atoms with Crippen molar-refractivity contribution in [3.05, 3.63) is 46.5 Å². The van der Waals surface area contributed by atoms with Gasteiger partial charge in [-0.25, -0.2) is 27.4 Å². The zero-order chi connectivity index (χ0) is 14.9. The van der Waals surface area contributed by atoms with Crippen molar-refractivity contribution in [3.8, 4) is 0 Å². The molecule has 3 nitrogen and oxygen atoms in total. The fourth-order valence-electron chi connectivity index (χ4n) is 2.05. The van der Waals surface area contributed by atoms with Crippen molar-refractivity contribution in [2.45, 2.75) is 18.9 Å². The fraction of sp³-hybridized carbons (Fsp3) is 0.333. The Balaban J connectivity index is 2.58. The first kappa shape index (κ1) is 14.7. The van der Waals surface area contributed by atoms with Gasteiger partial charge in [0, 0.05) is 0 Å². The second-order valence-electron chi connectivity index (χ2n) is 4.25. The van der Waals surface area contributed by atoms with Crippen molar-refractivity contribution in [3.63, 3.8) is 0 Å². The van der Waals surface area contributed by atoms with Gasteiger partial charge >= 0.3 is 0 Å². The van der Waals surface area contributed by atoms with Gasteiger partial charge < -0.3 is 4.74 Å². The molecule has 110 valence electrons. The standard InChI is InChI=1S/C12H11F5N2O/c13-7-6(8(14)10(16)11(17)9(7)15)12(19-18)5-2-1-3-20-4-5/h4,12,19H,1-3,18H2. The lowest BCUT2D eigenvalue weighted by Gasteiger charge is -2.24. The van der Waals surface area contributed by atoms with Crippen LogP contribution in [0, 0.1) is 29.1 Å². The minimum atomic E-state index is -2.20. The van der Waals surface area contributed by atoms with Gasteiger partial charge in [0.05, 0.1) is 24.5 Å². The number of ether oxygens (including phenoxy) is 1. The minimum Gasteiger partial charge on any atom is -0.501 e. The molecule has 1 unspecified atom stereocenters. The highest BCUT2D eigenvalue weighted by Gasteiger charge is 2.32. The maximum Gasteiger partial charge on any atom is 0.200 e. The van der Waals surface area contributed by atoms with Gasteiger partial charge in [-0.15, -0.1) is 0 Å². The van der Waals surface area contributed by atoms with Crippen LogP contribution in [0.25, 0.3) is 0 Å². The molecule has 8 heteroatoms. The van der Waals surface area contributed by atoms with Crippen molar-refractivity contribution < 1.29 is 26.7 Å². The van der Waals surface area contributed by atoms with E-state index in [9.17, 15) is 22.0 Å². The summed E-state index contributed by atoms with van der Waals surface area (Å²) >= 11 is 0. The van der Waals surface area contributed by atoms with E-state index in [1.807, 2.05) is 0 Å². The van der Waals surface area contributed by atoms with E-state index >= 15 is 0 Å². The van der Waals surface area contributed by atoms with Gasteiger partial charge in [0.25, 0.3) is 0 Å². The van der Waals surface area contributed by atoms with E-state index in [1.54, 1.807) is 0 Å². The summed E-state index contributed by atoms with van der Waals surface area (Å²) < 4.78 is 71.8. The number of nitrogens with one attached hydrogen (secondary N) is 1. The molecule has 0 saturated carbocycles. The molecule has 0 fully saturated rings. The summed E-state index contributed by atoms with van der Waals surface area (Å²) in [4.78, 5) is 0. The van der Waals surface area contributed by atoms with E-state index in [0.717, 1.165) is 0 Å². The van der Waals surface area contributed by atoms with E-state index < -0.39 is 40.7 Å². The third kappa shape index (κ3) is 2.36. The van der Waals surface area contributed by atoms with Gasteiger partial charge in [0.15, 0.2) is 23.3 Å². The number of halogens is 5. The van der Waals surface area contributed by atoms with Crippen molar-refractivity contribution >= 4 is 0 Å². The predicted molar refractivity (Wildman–Crippen MR) is 59.6 cm³/mol. The smallest absolute Gasteiger partial charge is 0.200 e. The van der Waals surface area contributed by atoms with Crippen LogP contribution in [0.15, 0.2) is 11.8 Å². The molecule has 3 N–H and O–H groups in total. The lowest BCUT2D eigenvalue weighted by molar-refractivity contribution is 0.218. The largest absolute Gasteiger partial charge is 0.501 e. The Labute approximate surface area is 111 Å². The van der Waals surface area contributed by atoms with Crippen molar-refractivity contribution in [2.24, 2.45) is 5.84 Å². The Bertz CT molecular complexity index is 532. The summed E-state index contributed by atoms with van der Waals surface area (Å²) in [5, 5.41) is 0. The molecule has 1 aromatic rings. The summed E-state index contributed by atoms with van der Waals surface area (Å²) in [6.07, 6.45) is 2.14. The van der Waals surface area contributed by atoms with Crippen LogP contribution in [0.2, 0.25) is 0 Å². The van der Waals surface area contributed by atoms with Crippen LogP contribution in [-0.2, 0) is 4.74 Å². The molecular weight excluding hydrogens is 283 g/mol. The van der Waals surface area contributed by atoms with Crippen LogP contribution in [-0.4, -0.2) is 6.61 Å². The van der Waals surface area contributed by atoms with E-state index in [4.69, 9.17) is 10.6 Å². The Morgan fingerprint density at radius 1 is 1.00 bits per heavy atom. The summed E-state index contributed by atoms with van der Waals surface area (Å²) in [6.45, 7) is 0.415. The second-order valence-corrected chi connectivity index (χ2v) is 4.25. The van der Waals surface area contributed by atoms with Gasteiger partial charge in [-0.05, 0) is 18.4 Å². The Morgan fingerprint density at radius 3 is 2.00 bits per heavy atom. The molecular formula is C12H11F5N2O. The second kappa shape index (κ2) is 5.76. The van der Waals surface area contributed by atoms with Crippen LogP contribution < -0.4 is 11.3 Å². The van der Waals surface area contributed by atoms with Crippen molar-refractivity contribution in [1.82, 2.24) is 5.43 Å².